The molecule has 4 rings (SSSR count). The van der Waals surface area contributed by atoms with Crippen LogP contribution < -0.4 is 4.90 Å². The van der Waals surface area contributed by atoms with Crippen LogP contribution in [0.1, 0.15) is 18.4 Å². The monoisotopic (exact) mass is 353 g/mol. The third-order valence-corrected chi connectivity index (χ3v) is 5.34. The Labute approximate surface area is 153 Å². The summed E-state index contributed by atoms with van der Waals surface area (Å²) in [5, 5.41) is 3.98. The smallest absolute Gasteiger partial charge is 0.288 e. The fourth-order valence-corrected chi connectivity index (χ4v) is 4.06. The number of carbonyl (C=O) groups is 1. The van der Waals surface area contributed by atoms with Gasteiger partial charge in [-0.05, 0) is 42.9 Å². The molecule has 2 aromatic carbocycles. The van der Waals surface area contributed by atoms with Gasteiger partial charge < -0.3 is 0 Å². The lowest BCUT2D eigenvalue weighted by molar-refractivity contribution is -0.00403. The fraction of sp³-hybridized carbons (Fsp3) is 0.381. The van der Waals surface area contributed by atoms with Crippen molar-refractivity contribution in [3.05, 3.63) is 66.0 Å². The molecule has 2 amide bonds. The Kier molecular flexibility index (Phi) is 4.89. The van der Waals surface area contributed by atoms with Crippen molar-refractivity contribution in [3.63, 3.8) is 0 Å². The Morgan fingerprint density at radius 3 is 2.54 bits per heavy atom. The SMILES string of the molecule is O=C1N(c2ccccc2F)CCN1N1CCCC(Cc2ccccc2)C1. The van der Waals surface area contributed by atoms with Crippen LogP contribution in [0.3, 0.4) is 0 Å². The summed E-state index contributed by atoms with van der Waals surface area (Å²) in [5.74, 6) is 0.199. The van der Waals surface area contributed by atoms with E-state index in [9.17, 15) is 9.18 Å². The first-order valence-corrected chi connectivity index (χ1v) is 9.35. The first-order valence-electron chi connectivity index (χ1n) is 9.35. The molecule has 2 aliphatic heterocycles. The third kappa shape index (κ3) is 3.44. The van der Waals surface area contributed by atoms with E-state index in [1.165, 1.54) is 18.1 Å². The van der Waals surface area contributed by atoms with Crippen LogP contribution >= 0.6 is 0 Å². The second-order valence-electron chi connectivity index (χ2n) is 7.12. The molecule has 136 valence electrons. The molecule has 2 heterocycles. The summed E-state index contributed by atoms with van der Waals surface area (Å²) in [4.78, 5) is 14.4. The summed E-state index contributed by atoms with van der Waals surface area (Å²) < 4.78 is 14.1. The number of hydrogen-bond donors (Lipinski definition) is 0. The van der Waals surface area contributed by atoms with Crippen molar-refractivity contribution in [2.45, 2.75) is 19.3 Å². The van der Waals surface area contributed by atoms with Crippen LogP contribution in [0.15, 0.2) is 54.6 Å². The van der Waals surface area contributed by atoms with Crippen LogP contribution in [-0.2, 0) is 6.42 Å². The molecule has 2 aliphatic rings. The number of amides is 2. The number of nitrogens with zero attached hydrogens (tertiary/aromatic N) is 3. The first kappa shape index (κ1) is 17.0. The van der Waals surface area contributed by atoms with Crippen molar-refractivity contribution in [2.24, 2.45) is 5.92 Å². The number of piperidine rings is 1. The molecule has 0 aromatic heterocycles. The van der Waals surface area contributed by atoms with Gasteiger partial charge in [0, 0.05) is 19.6 Å². The molecule has 0 saturated carbocycles. The highest BCUT2D eigenvalue weighted by Gasteiger charge is 2.36. The minimum absolute atomic E-state index is 0.115. The zero-order chi connectivity index (χ0) is 17.9. The molecule has 1 atom stereocenters. The summed E-state index contributed by atoms with van der Waals surface area (Å²) in [6.45, 7) is 2.92. The van der Waals surface area contributed by atoms with Crippen molar-refractivity contribution in [1.29, 1.82) is 0 Å². The fourth-order valence-electron chi connectivity index (χ4n) is 4.06. The van der Waals surface area contributed by atoms with E-state index in [2.05, 4.69) is 29.3 Å². The van der Waals surface area contributed by atoms with Crippen LogP contribution in [0.4, 0.5) is 14.9 Å². The van der Waals surface area contributed by atoms with Crippen molar-refractivity contribution in [1.82, 2.24) is 10.0 Å². The highest BCUT2D eigenvalue weighted by atomic mass is 19.1. The first-order chi connectivity index (χ1) is 12.7. The zero-order valence-corrected chi connectivity index (χ0v) is 14.9. The number of halogens is 1. The van der Waals surface area contributed by atoms with Crippen molar-refractivity contribution in [2.75, 3.05) is 31.1 Å². The Morgan fingerprint density at radius 1 is 0.962 bits per heavy atom. The summed E-state index contributed by atoms with van der Waals surface area (Å²) in [7, 11) is 0. The normalized spacial score (nSPS) is 21.4. The lowest BCUT2D eigenvalue weighted by Gasteiger charge is -2.38. The van der Waals surface area contributed by atoms with Gasteiger partial charge in [-0.2, -0.15) is 0 Å². The Hall–Kier alpha value is -2.40. The largest absolute Gasteiger partial charge is 0.339 e. The number of anilines is 1. The Morgan fingerprint density at radius 2 is 1.73 bits per heavy atom. The molecule has 2 fully saturated rings. The lowest BCUT2D eigenvalue weighted by Crippen LogP contribution is -2.50. The van der Waals surface area contributed by atoms with Crippen molar-refractivity contribution in [3.8, 4) is 0 Å². The minimum atomic E-state index is -0.344. The van der Waals surface area contributed by atoms with E-state index >= 15 is 0 Å². The van der Waals surface area contributed by atoms with Gasteiger partial charge in [0.15, 0.2) is 0 Å². The molecule has 26 heavy (non-hydrogen) atoms. The molecule has 0 bridgehead atoms. The van der Waals surface area contributed by atoms with E-state index in [1.807, 2.05) is 11.1 Å². The molecule has 1 unspecified atom stereocenters. The number of carbonyl (C=O) groups excluding carboxylic acids is 1. The van der Waals surface area contributed by atoms with Gasteiger partial charge in [0.25, 0.3) is 0 Å². The predicted octanol–water partition coefficient (Wildman–Crippen LogP) is 3.94. The van der Waals surface area contributed by atoms with Crippen molar-refractivity contribution >= 4 is 11.7 Å². The summed E-state index contributed by atoms with van der Waals surface area (Å²) in [5.41, 5.74) is 1.72. The Bertz CT molecular complexity index is 767. The number of urea groups is 1. The van der Waals surface area contributed by atoms with Crippen LogP contribution in [-0.4, -0.2) is 42.2 Å². The average molecular weight is 353 g/mol. The standard InChI is InChI=1S/C21H24FN3O/c22-19-10-4-5-11-20(19)24-13-14-25(21(24)26)23-12-6-9-18(16-23)15-17-7-2-1-3-8-17/h1-5,7-8,10-11,18H,6,9,12-16H2. The quantitative estimate of drug-likeness (QED) is 0.832. The number of hydrazine groups is 1. The average Bonchev–Trinajstić information content (AvgIpc) is 3.04. The number of benzene rings is 2. The van der Waals surface area contributed by atoms with Crippen LogP contribution in [0, 0.1) is 11.7 Å². The second-order valence-corrected chi connectivity index (χ2v) is 7.12. The van der Waals surface area contributed by atoms with Crippen LogP contribution in [0.5, 0.6) is 0 Å². The van der Waals surface area contributed by atoms with Gasteiger partial charge >= 0.3 is 6.03 Å². The van der Waals surface area contributed by atoms with Crippen LogP contribution in [0.25, 0.3) is 0 Å². The van der Waals surface area contributed by atoms with Gasteiger partial charge in [0.2, 0.25) is 0 Å². The summed E-state index contributed by atoms with van der Waals surface area (Å²) >= 11 is 0. The summed E-state index contributed by atoms with van der Waals surface area (Å²) in [6.07, 6.45) is 3.31. The topological polar surface area (TPSA) is 26.8 Å². The van der Waals surface area contributed by atoms with E-state index in [4.69, 9.17) is 0 Å². The number of rotatable bonds is 4. The van der Waals surface area contributed by atoms with Gasteiger partial charge in [-0.15, -0.1) is 0 Å². The van der Waals surface area contributed by atoms with Gasteiger partial charge in [-0.3, -0.25) is 9.91 Å². The van der Waals surface area contributed by atoms with Gasteiger partial charge in [0.1, 0.15) is 5.82 Å². The molecule has 0 radical (unpaired) electrons. The molecule has 4 nitrogen and oxygen atoms in total. The van der Waals surface area contributed by atoms with E-state index in [0.717, 1.165) is 25.9 Å². The van der Waals surface area contributed by atoms with E-state index in [0.29, 0.717) is 24.7 Å². The highest BCUT2D eigenvalue weighted by molar-refractivity contribution is 5.93. The second kappa shape index (κ2) is 7.46. The molecule has 0 aliphatic carbocycles. The van der Waals surface area contributed by atoms with Crippen molar-refractivity contribution < 1.29 is 9.18 Å². The van der Waals surface area contributed by atoms with Gasteiger partial charge in [-0.1, -0.05) is 42.5 Å². The van der Waals surface area contributed by atoms with Gasteiger partial charge in [-0.25, -0.2) is 14.2 Å². The molecular weight excluding hydrogens is 329 g/mol. The maximum absolute atomic E-state index is 14.1. The lowest BCUT2D eigenvalue weighted by atomic mass is 9.92. The van der Waals surface area contributed by atoms with Crippen LogP contribution in [0.2, 0.25) is 0 Å². The predicted molar refractivity (Wildman–Crippen MR) is 100 cm³/mol. The summed E-state index contributed by atoms with van der Waals surface area (Å²) in [6, 6.07) is 16.9. The van der Waals surface area contributed by atoms with Gasteiger partial charge in [0.05, 0.1) is 12.2 Å². The molecule has 0 N–H and O–H groups in total. The van der Waals surface area contributed by atoms with E-state index in [-0.39, 0.29) is 11.8 Å². The molecule has 5 heteroatoms. The zero-order valence-electron chi connectivity index (χ0n) is 14.9. The third-order valence-electron chi connectivity index (χ3n) is 5.34. The maximum atomic E-state index is 14.1. The Balaban J connectivity index is 1.43. The molecule has 2 saturated heterocycles. The van der Waals surface area contributed by atoms with E-state index < -0.39 is 0 Å². The molecule has 0 spiro atoms. The van der Waals surface area contributed by atoms with E-state index in [1.54, 1.807) is 23.1 Å². The molecular formula is C21H24FN3O. The maximum Gasteiger partial charge on any atom is 0.339 e. The number of hydrogen-bond acceptors (Lipinski definition) is 2. The number of para-hydroxylation sites is 1. The molecule has 2 aromatic rings. The highest BCUT2D eigenvalue weighted by Crippen LogP contribution is 2.27. The minimum Gasteiger partial charge on any atom is -0.288 e.